The normalized spacial score (nSPS) is 20.4. The summed E-state index contributed by atoms with van der Waals surface area (Å²) in [6.45, 7) is 5.80. The molecule has 1 aliphatic rings. The van der Waals surface area contributed by atoms with Gasteiger partial charge < -0.3 is 5.32 Å². The fraction of sp³-hybridized carbons (Fsp3) is 0.889. The molecular formula is C9H18N2OS2. The Morgan fingerprint density at radius 1 is 1.57 bits per heavy atom. The highest BCUT2D eigenvalue weighted by Gasteiger charge is 2.11. The van der Waals surface area contributed by atoms with E-state index in [9.17, 15) is 4.79 Å². The number of rotatable bonds is 4. The second-order valence-electron chi connectivity index (χ2n) is 3.42. The van der Waals surface area contributed by atoms with Crippen LogP contribution in [0.4, 0.5) is 0 Å². The Kier molecular flexibility index (Phi) is 5.74. The molecule has 0 aliphatic carbocycles. The van der Waals surface area contributed by atoms with Crippen LogP contribution in [0.2, 0.25) is 0 Å². The third kappa shape index (κ3) is 4.57. The topological polar surface area (TPSA) is 32.3 Å². The van der Waals surface area contributed by atoms with Crippen LogP contribution in [0.25, 0.3) is 0 Å². The maximum absolute atomic E-state index is 11.2. The number of hydrogen-bond donors (Lipinski definition) is 2. The van der Waals surface area contributed by atoms with E-state index < -0.39 is 0 Å². The summed E-state index contributed by atoms with van der Waals surface area (Å²) >= 11 is 6.07. The zero-order valence-corrected chi connectivity index (χ0v) is 10.2. The van der Waals surface area contributed by atoms with Crippen LogP contribution in [0, 0.1) is 0 Å². The smallest absolute Gasteiger partial charge is 0.232 e. The van der Waals surface area contributed by atoms with E-state index in [-0.39, 0.29) is 11.2 Å². The molecule has 5 heteroatoms. The Morgan fingerprint density at radius 2 is 2.21 bits per heavy atom. The van der Waals surface area contributed by atoms with E-state index >= 15 is 0 Å². The lowest BCUT2D eigenvalue weighted by molar-refractivity contribution is -0.120. The van der Waals surface area contributed by atoms with E-state index in [0.717, 1.165) is 26.2 Å². The summed E-state index contributed by atoms with van der Waals surface area (Å²) in [5, 5.41) is 2.66. The SMILES string of the molecule is CC(S)C(=O)NCCN1CCSCC1. The number of nitrogens with zero attached hydrogens (tertiary/aromatic N) is 1. The number of carbonyl (C=O) groups excluding carboxylic acids is 1. The van der Waals surface area contributed by atoms with Crippen LogP contribution in [0.5, 0.6) is 0 Å². The van der Waals surface area contributed by atoms with Crippen molar-refractivity contribution < 1.29 is 4.79 Å². The van der Waals surface area contributed by atoms with Gasteiger partial charge in [-0.25, -0.2) is 0 Å². The highest BCUT2D eigenvalue weighted by atomic mass is 32.2. The molecule has 1 saturated heterocycles. The number of amides is 1. The first-order chi connectivity index (χ1) is 6.70. The van der Waals surface area contributed by atoms with Gasteiger partial charge in [-0.1, -0.05) is 0 Å². The molecule has 1 atom stereocenters. The van der Waals surface area contributed by atoms with E-state index in [4.69, 9.17) is 0 Å². The second kappa shape index (κ2) is 6.58. The average molecular weight is 234 g/mol. The Hall–Kier alpha value is 0.130. The molecule has 1 fully saturated rings. The van der Waals surface area contributed by atoms with Gasteiger partial charge in [-0.2, -0.15) is 24.4 Å². The number of thiol groups is 1. The van der Waals surface area contributed by atoms with Crippen molar-refractivity contribution in [1.82, 2.24) is 10.2 Å². The first-order valence-electron chi connectivity index (χ1n) is 4.96. The standard InChI is InChI=1S/C9H18N2OS2/c1-8(13)9(12)10-2-3-11-4-6-14-7-5-11/h8,13H,2-7H2,1H3,(H,10,12). The molecule has 0 radical (unpaired) electrons. The first kappa shape index (κ1) is 12.2. The van der Waals surface area contributed by atoms with Crippen LogP contribution in [0.3, 0.4) is 0 Å². The zero-order valence-electron chi connectivity index (χ0n) is 8.53. The van der Waals surface area contributed by atoms with Crippen molar-refractivity contribution in [2.24, 2.45) is 0 Å². The molecule has 0 aromatic carbocycles. The van der Waals surface area contributed by atoms with Gasteiger partial charge in [0.25, 0.3) is 0 Å². The largest absolute Gasteiger partial charge is 0.354 e. The summed E-state index contributed by atoms with van der Waals surface area (Å²) in [6.07, 6.45) is 0. The van der Waals surface area contributed by atoms with Gasteiger partial charge in [0.15, 0.2) is 0 Å². The predicted molar refractivity (Wildman–Crippen MR) is 65.2 cm³/mol. The molecule has 3 nitrogen and oxygen atoms in total. The van der Waals surface area contributed by atoms with Gasteiger partial charge in [-0.3, -0.25) is 9.69 Å². The van der Waals surface area contributed by atoms with E-state index in [0.29, 0.717) is 0 Å². The molecule has 82 valence electrons. The molecule has 1 heterocycles. The predicted octanol–water partition coefficient (Wildman–Crippen LogP) is 0.470. The lowest BCUT2D eigenvalue weighted by Crippen LogP contribution is -2.40. The first-order valence-corrected chi connectivity index (χ1v) is 6.63. The van der Waals surface area contributed by atoms with E-state index in [1.807, 2.05) is 11.8 Å². The second-order valence-corrected chi connectivity index (χ2v) is 5.42. The maximum atomic E-state index is 11.2. The molecular weight excluding hydrogens is 216 g/mol. The van der Waals surface area contributed by atoms with Gasteiger partial charge in [0.1, 0.15) is 0 Å². The molecule has 0 bridgehead atoms. The minimum absolute atomic E-state index is 0.0275. The summed E-state index contributed by atoms with van der Waals surface area (Å²) < 4.78 is 0. The number of carbonyl (C=O) groups is 1. The van der Waals surface area contributed by atoms with Crippen molar-refractivity contribution >= 4 is 30.3 Å². The fourth-order valence-corrected chi connectivity index (χ4v) is 2.38. The van der Waals surface area contributed by atoms with E-state index in [1.54, 1.807) is 6.92 Å². The fourth-order valence-electron chi connectivity index (χ4n) is 1.31. The van der Waals surface area contributed by atoms with E-state index in [1.165, 1.54) is 11.5 Å². The minimum atomic E-state index is -0.202. The molecule has 1 aliphatic heterocycles. The van der Waals surface area contributed by atoms with Gasteiger partial charge in [-0.05, 0) is 6.92 Å². The molecule has 1 amide bonds. The lowest BCUT2D eigenvalue weighted by atomic mass is 10.4. The van der Waals surface area contributed by atoms with Crippen LogP contribution in [-0.2, 0) is 4.79 Å². The average Bonchev–Trinajstić information content (AvgIpc) is 2.19. The third-order valence-corrected chi connectivity index (χ3v) is 3.39. The Bertz CT molecular complexity index is 182. The zero-order chi connectivity index (χ0) is 10.4. The molecule has 0 aromatic rings. The van der Waals surface area contributed by atoms with Crippen LogP contribution < -0.4 is 5.32 Å². The van der Waals surface area contributed by atoms with Crippen molar-refractivity contribution in [2.45, 2.75) is 12.2 Å². The van der Waals surface area contributed by atoms with Crippen LogP contribution >= 0.6 is 24.4 Å². The highest BCUT2D eigenvalue weighted by molar-refractivity contribution is 7.99. The molecule has 1 unspecified atom stereocenters. The van der Waals surface area contributed by atoms with Crippen LogP contribution in [0.1, 0.15) is 6.92 Å². The molecule has 0 spiro atoms. The number of hydrogen-bond acceptors (Lipinski definition) is 4. The van der Waals surface area contributed by atoms with Gasteiger partial charge in [-0.15, -0.1) is 0 Å². The van der Waals surface area contributed by atoms with E-state index in [2.05, 4.69) is 22.8 Å². The quantitative estimate of drug-likeness (QED) is 0.694. The minimum Gasteiger partial charge on any atom is -0.354 e. The molecule has 0 aromatic heterocycles. The van der Waals surface area contributed by atoms with Crippen LogP contribution in [-0.4, -0.2) is 53.7 Å². The van der Waals surface area contributed by atoms with Crippen molar-refractivity contribution in [3.63, 3.8) is 0 Å². The monoisotopic (exact) mass is 234 g/mol. The maximum Gasteiger partial charge on any atom is 0.232 e. The van der Waals surface area contributed by atoms with Gasteiger partial charge in [0.05, 0.1) is 5.25 Å². The molecule has 0 saturated carbocycles. The number of thioether (sulfide) groups is 1. The Morgan fingerprint density at radius 3 is 2.79 bits per heavy atom. The van der Waals surface area contributed by atoms with Gasteiger partial charge >= 0.3 is 0 Å². The molecule has 14 heavy (non-hydrogen) atoms. The van der Waals surface area contributed by atoms with Crippen LogP contribution in [0.15, 0.2) is 0 Å². The lowest BCUT2D eigenvalue weighted by Gasteiger charge is -2.26. The van der Waals surface area contributed by atoms with Crippen molar-refractivity contribution in [3.8, 4) is 0 Å². The molecule has 1 N–H and O–H groups in total. The Labute approximate surface area is 95.4 Å². The summed E-state index contributed by atoms with van der Waals surface area (Å²) in [7, 11) is 0. The summed E-state index contributed by atoms with van der Waals surface area (Å²) in [5.74, 6) is 2.47. The number of nitrogens with one attached hydrogen (secondary N) is 1. The Balaban J connectivity index is 2.05. The highest BCUT2D eigenvalue weighted by Crippen LogP contribution is 2.07. The molecule has 1 rings (SSSR count). The van der Waals surface area contributed by atoms with Crippen molar-refractivity contribution in [3.05, 3.63) is 0 Å². The van der Waals surface area contributed by atoms with Crippen molar-refractivity contribution in [2.75, 3.05) is 37.7 Å². The summed E-state index contributed by atoms with van der Waals surface area (Å²) in [4.78, 5) is 13.6. The summed E-state index contributed by atoms with van der Waals surface area (Å²) in [6, 6.07) is 0. The third-order valence-electron chi connectivity index (χ3n) is 2.21. The summed E-state index contributed by atoms with van der Waals surface area (Å²) in [5.41, 5.74) is 0. The van der Waals surface area contributed by atoms with Crippen molar-refractivity contribution in [1.29, 1.82) is 0 Å². The van der Waals surface area contributed by atoms with Gasteiger partial charge in [0.2, 0.25) is 5.91 Å². The van der Waals surface area contributed by atoms with Gasteiger partial charge in [0, 0.05) is 37.7 Å².